The Morgan fingerprint density at radius 1 is 1.56 bits per heavy atom. The molecule has 0 aliphatic rings. The highest BCUT2D eigenvalue weighted by molar-refractivity contribution is 9.10. The summed E-state index contributed by atoms with van der Waals surface area (Å²) in [6.45, 7) is 4.11. The van der Waals surface area contributed by atoms with Gasteiger partial charge in [-0.1, -0.05) is 0 Å². The molecule has 0 saturated heterocycles. The molecule has 0 aliphatic carbocycles. The van der Waals surface area contributed by atoms with E-state index in [4.69, 9.17) is 5.84 Å². The molecule has 1 atom stereocenters. The number of hydrogen-bond acceptors (Lipinski definition) is 4. The van der Waals surface area contributed by atoms with Crippen LogP contribution in [0.4, 0.5) is 0 Å². The first-order chi connectivity index (χ1) is 8.54. The van der Waals surface area contributed by atoms with Crippen LogP contribution in [0, 0.1) is 13.8 Å². The zero-order chi connectivity index (χ0) is 13.3. The van der Waals surface area contributed by atoms with Gasteiger partial charge < -0.3 is 0 Å². The van der Waals surface area contributed by atoms with E-state index in [-0.39, 0.29) is 6.04 Å². The Bertz CT molecular complexity index is 546. The van der Waals surface area contributed by atoms with Crippen LogP contribution in [0.1, 0.15) is 27.9 Å². The molecule has 3 N–H and O–H groups in total. The molecule has 2 heterocycles. The Labute approximate surface area is 119 Å². The third kappa shape index (κ3) is 2.51. The van der Waals surface area contributed by atoms with Crippen molar-refractivity contribution in [2.45, 2.75) is 26.3 Å². The van der Waals surface area contributed by atoms with Gasteiger partial charge in [-0.3, -0.25) is 16.0 Å². The van der Waals surface area contributed by atoms with Crippen LogP contribution in [-0.4, -0.2) is 9.78 Å². The highest BCUT2D eigenvalue weighted by Gasteiger charge is 2.19. The molecule has 2 aromatic rings. The van der Waals surface area contributed by atoms with E-state index in [1.165, 1.54) is 10.4 Å². The van der Waals surface area contributed by atoms with E-state index < -0.39 is 0 Å². The van der Waals surface area contributed by atoms with Crippen LogP contribution in [0.2, 0.25) is 0 Å². The molecule has 0 saturated carbocycles. The van der Waals surface area contributed by atoms with Crippen LogP contribution < -0.4 is 11.3 Å². The first-order valence-corrected chi connectivity index (χ1v) is 7.40. The van der Waals surface area contributed by atoms with E-state index in [9.17, 15) is 0 Å². The largest absolute Gasteiger partial charge is 0.271 e. The first kappa shape index (κ1) is 13.7. The molecule has 2 aromatic heterocycles. The Morgan fingerprint density at radius 2 is 2.28 bits per heavy atom. The van der Waals surface area contributed by atoms with Gasteiger partial charge in [-0.05, 0) is 46.8 Å². The topological polar surface area (TPSA) is 55.9 Å². The Balaban J connectivity index is 2.29. The van der Waals surface area contributed by atoms with Crippen LogP contribution in [0.5, 0.6) is 0 Å². The zero-order valence-electron chi connectivity index (χ0n) is 10.7. The minimum atomic E-state index is 0.121. The number of halogens is 1. The molecular weight excluding hydrogens is 312 g/mol. The zero-order valence-corrected chi connectivity index (χ0v) is 13.1. The normalized spacial score (nSPS) is 12.9. The molecule has 2 rings (SSSR count). The van der Waals surface area contributed by atoms with Crippen molar-refractivity contribution in [3.63, 3.8) is 0 Å². The highest BCUT2D eigenvalue weighted by Crippen LogP contribution is 2.29. The SMILES string of the molecule is Cc1ccsc1C(Cc1c(Br)c(C)nn1C)NN. The van der Waals surface area contributed by atoms with Crippen molar-refractivity contribution in [1.29, 1.82) is 0 Å². The van der Waals surface area contributed by atoms with E-state index in [1.54, 1.807) is 11.3 Å². The lowest BCUT2D eigenvalue weighted by molar-refractivity contribution is 0.534. The summed E-state index contributed by atoms with van der Waals surface area (Å²) < 4.78 is 2.98. The minimum absolute atomic E-state index is 0.121. The molecule has 4 nitrogen and oxygen atoms in total. The summed E-state index contributed by atoms with van der Waals surface area (Å²) in [6, 6.07) is 2.24. The van der Waals surface area contributed by atoms with Crippen molar-refractivity contribution in [2.75, 3.05) is 0 Å². The lowest BCUT2D eigenvalue weighted by atomic mass is 10.1. The van der Waals surface area contributed by atoms with Gasteiger partial charge in [0.1, 0.15) is 0 Å². The summed E-state index contributed by atoms with van der Waals surface area (Å²) in [5.74, 6) is 5.70. The monoisotopic (exact) mass is 328 g/mol. The Kier molecular flexibility index (Phi) is 4.21. The van der Waals surface area contributed by atoms with Gasteiger partial charge in [0.05, 0.1) is 21.9 Å². The number of nitrogens with zero attached hydrogens (tertiary/aromatic N) is 2. The number of hydrogen-bond donors (Lipinski definition) is 2. The van der Waals surface area contributed by atoms with E-state index in [1.807, 2.05) is 18.7 Å². The number of aryl methyl sites for hydroxylation is 3. The Morgan fingerprint density at radius 3 is 2.72 bits per heavy atom. The van der Waals surface area contributed by atoms with Crippen LogP contribution in [-0.2, 0) is 13.5 Å². The van der Waals surface area contributed by atoms with Gasteiger partial charge in [0.25, 0.3) is 0 Å². The molecule has 0 fully saturated rings. The van der Waals surface area contributed by atoms with Crippen LogP contribution in [0.25, 0.3) is 0 Å². The number of hydrazine groups is 1. The second-order valence-electron chi connectivity index (χ2n) is 4.36. The summed E-state index contributed by atoms with van der Waals surface area (Å²) in [6.07, 6.45) is 0.815. The fourth-order valence-electron chi connectivity index (χ4n) is 2.06. The number of nitrogens with two attached hydrogens (primary N) is 1. The summed E-state index contributed by atoms with van der Waals surface area (Å²) in [5, 5.41) is 6.50. The molecule has 0 amide bonds. The van der Waals surface area contributed by atoms with Crippen LogP contribution in [0.15, 0.2) is 15.9 Å². The summed E-state index contributed by atoms with van der Waals surface area (Å²) >= 11 is 5.32. The number of rotatable bonds is 4. The third-order valence-electron chi connectivity index (χ3n) is 3.08. The van der Waals surface area contributed by atoms with Crippen molar-refractivity contribution in [2.24, 2.45) is 12.9 Å². The Hall–Kier alpha value is -0.690. The van der Waals surface area contributed by atoms with E-state index >= 15 is 0 Å². The predicted molar refractivity (Wildman–Crippen MR) is 78.5 cm³/mol. The highest BCUT2D eigenvalue weighted by atomic mass is 79.9. The molecule has 1 unspecified atom stereocenters. The maximum atomic E-state index is 5.70. The molecule has 0 radical (unpaired) electrons. The number of thiophene rings is 1. The second-order valence-corrected chi connectivity index (χ2v) is 6.10. The quantitative estimate of drug-likeness (QED) is 0.670. The summed E-state index contributed by atoms with van der Waals surface area (Å²) in [5.41, 5.74) is 6.34. The molecule has 98 valence electrons. The maximum Gasteiger partial charge on any atom is 0.0738 e. The van der Waals surface area contributed by atoms with Gasteiger partial charge in [-0.15, -0.1) is 11.3 Å². The molecule has 0 aromatic carbocycles. The average Bonchev–Trinajstić information content (AvgIpc) is 2.84. The number of nitrogens with one attached hydrogen (secondary N) is 1. The van der Waals surface area contributed by atoms with E-state index in [0.29, 0.717) is 0 Å². The smallest absolute Gasteiger partial charge is 0.0738 e. The van der Waals surface area contributed by atoms with Crippen molar-refractivity contribution in [3.8, 4) is 0 Å². The number of aromatic nitrogens is 2. The molecule has 18 heavy (non-hydrogen) atoms. The first-order valence-electron chi connectivity index (χ1n) is 5.72. The standard InChI is InChI=1S/C12H17BrN4S/c1-7-4-5-18-12(7)9(15-14)6-10-11(13)8(2)16-17(10)3/h4-5,9,15H,6,14H2,1-3H3. The van der Waals surface area contributed by atoms with Gasteiger partial charge in [-0.25, -0.2) is 0 Å². The fourth-order valence-corrected chi connectivity index (χ4v) is 3.55. The van der Waals surface area contributed by atoms with Crippen molar-refractivity contribution in [3.05, 3.63) is 37.7 Å². The molecular formula is C12H17BrN4S. The minimum Gasteiger partial charge on any atom is -0.271 e. The fraction of sp³-hybridized carbons (Fsp3) is 0.417. The molecule has 0 aliphatic heterocycles. The molecule has 0 spiro atoms. The predicted octanol–water partition coefficient (Wildman–Crippen LogP) is 2.61. The van der Waals surface area contributed by atoms with E-state index in [2.05, 4.69) is 44.8 Å². The summed E-state index contributed by atoms with van der Waals surface area (Å²) in [7, 11) is 1.96. The van der Waals surface area contributed by atoms with Gasteiger partial charge in [0.15, 0.2) is 0 Å². The average molecular weight is 329 g/mol. The van der Waals surface area contributed by atoms with Gasteiger partial charge >= 0.3 is 0 Å². The van der Waals surface area contributed by atoms with Crippen molar-refractivity contribution < 1.29 is 0 Å². The second kappa shape index (κ2) is 5.52. The van der Waals surface area contributed by atoms with Crippen molar-refractivity contribution >= 4 is 27.3 Å². The van der Waals surface area contributed by atoms with Crippen molar-refractivity contribution in [1.82, 2.24) is 15.2 Å². The molecule has 0 bridgehead atoms. The van der Waals surface area contributed by atoms with Crippen LogP contribution in [0.3, 0.4) is 0 Å². The van der Waals surface area contributed by atoms with Gasteiger partial charge in [0, 0.05) is 18.3 Å². The lowest BCUT2D eigenvalue weighted by Gasteiger charge is -2.16. The van der Waals surface area contributed by atoms with E-state index in [0.717, 1.165) is 22.3 Å². The third-order valence-corrected chi connectivity index (χ3v) is 5.24. The summed E-state index contributed by atoms with van der Waals surface area (Å²) in [4.78, 5) is 1.28. The van der Waals surface area contributed by atoms with Crippen LogP contribution >= 0.6 is 27.3 Å². The maximum absolute atomic E-state index is 5.70. The van der Waals surface area contributed by atoms with Gasteiger partial charge in [-0.2, -0.15) is 5.10 Å². The lowest BCUT2D eigenvalue weighted by Crippen LogP contribution is -2.30. The molecule has 6 heteroatoms. The van der Waals surface area contributed by atoms with Gasteiger partial charge in [0.2, 0.25) is 0 Å².